The van der Waals surface area contributed by atoms with Gasteiger partial charge in [0, 0.05) is 43.7 Å². The molecular weight excluding hydrogens is 272 g/mol. The van der Waals surface area contributed by atoms with Crippen LogP contribution in [-0.2, 0) is 0 Å². The lowest BCUT2D eigenvalue weighted by molar-refractivity contribution is 0.209. The Balaban J connectivity index is 1.80. The van der Waals surface area contributed by atoms with E-state index in [1.165, 1.54) is 12.8 Å². The van der Waals surface area contributed by atoms with Crippen LogP contribution in [0.15, 0.2) is 0 Å². The number of hydrogen-bond donors (Lipinski definition) is 0. The summed E-state index contributed by atoms with van der Waals surface area (Å²) < 4.78 is 0. The Hall–Kier alpha value is -0.870. The third-order valence-electron chi connectivity index (χ3n) is 4.36. The summed E-state index contributed by atoms with van der Waals surface area (Å²) in [5.41, 5.74) is 1.02. The van der Waals surface area contributed by atoms with Gasteiger partial charge in [0.05, 0.1) is 0 Å². The van der Waals surface area contributed by atoms with E-state index in [-0.39, 0.29) is 0 Å². The van der Waals surface area contributed by atoms with Crippen molar-refractivity contribution in [1.82, 2.24) is 14.9 Å². The van der Waals surface area contributed by atoms with E-state index in [1.807, 2.05) is 6.92 Å². The van der Waals surface area contributed by atoms with Gasteiger partial charge in [-0.3, -0.25) is 4.90 Å². The van der Waals surface area contributed by atoms with Crippen molar-refractivity contribution in [1.29, 1.82) is 0 Å². The van der Waals surface area contributed by atoms with Crippen LogP contribution >= 0.6 is 11.6 Å². The van der Waals surface area contributed by atoms with E-state index in [0.717, 1.165) is 43.4 Å². The Morgan fingerprint density at radius 3 is 2.30 bits per heavy atom. The molecule has 0 aromatic carbocycles. The minimum atomic E-state index is 0.545. The Kier molecular flexibility index (Phi) is 3.87. The maximum Gasteiger partial charge on any atom is 0.137 e. The molecule has 1 aromatic rings. The molecule has 1 aliphatic heterocycles. The predicted octanol–water partition coefficient (Wildman–Crippen LogP) is 2.85. The SMILES string of the molecule is Cc1c(Cl)nc(C2CC2)nc1N1CCN(C(C)C)CC1. The van der Waals surface area contributed by atoms with Crippen LogP contribution in [0.5, 0.6) is 0 Å². The van der Waals surface area contributed by atoms with Crippen LogP contribution in [0.4, 0.5) is 5.82 Å². The van der Waals surface area contributed by atoms with Gasteiger partial charge >= 0.3 is 0 Å². The highest BCUT2D eigenvalue weighted by Crippen LogP contribution is 2.40. The van der Waals surface area contributed by atoms with Gasteiger partial charge in [0.1, 0.15) is 16.8 Å². The molecule has 5 heteroatoms. The molecule has 0 radical (unpaired) electrons. The summed E-state index contributed by atoms with van der Waals surface area (Å²) in [7, 11) is 0. The average Bonchev–Trinajstić information content (AvgIpc) is 3.26. The fraction of sp³-hybridized carbons (Fsp3) is 0.733. The van der Waals surface area contributed by atoms with Crippen LogP contribution in [-0.4, -0.2) is 47.1 Å². The van der Waals surface area contributed by atoms with Gasteiger partial charge < -0.3 is 4.90 Å². The van der Waals surface area contributed by atoms with Gasteiger partial charge in [-0.2, -0.15) is 0 Å². The van der Waals surface area contributed by atoms with Gasteiger partial charge in [-0.1, -0.05) is 11.6 Å². The zero-order chi connectivity index (χ0) is 14.3. The molecule has 0 spiro atoms. The molecule has 3 rings (SSSR count). The van der Waals surface area contributed by atoms with Crippen molar-refractivity contribution in [3.8, 4) is 0 Å². The first kappa shape index (κ1) is 14.1. The monoisotopic (exact) mass is 294 g/mol. The summed E-state index contributed by atoms with van der Waals surface area (Å²) in [5, 5.41) is 0.628. The smallest absolute Gasteiger partial charge is 0.137 e. The number of piperazine rings is 1. The number of halogens is 1. The lowest BCUT2D eigenvalue weighted by atomic mass is 10.2. The van der Waals surface area contributed by atoms with E-state index in [0.29, 0.717) is 17.1 Å². The van der Waals surface area contributed by atoms with Crippen molar-refractivity contribution in [2.24, 2.45) is 0 Å². The van der Waals surface area contributed by atoms with Crippen molar-refractivity contribution in [3.05, 3.63) is 16.5 Å². The van der Waals surface area contributed by atoms with Crippen LogP contribution in [0, 0.1) is 6.92 Å². The number of hydrogen-bond acceptors (Lipinski definition) is 4. The zero-order valence-electron chi connectivity index (χ0n) is 12.6. The van der Waals surface area contributed by atoms with E-state index in [4.69, 9.17) is 16.6 Å². The Bertz CT molecular complexity index is 491. The molecule has 2 aliphatic rings. The molecule has 20 heavy (non-hydrogen) atoms. The van der Waals surface area contributed by atoms with Crippen LogP contribution in [0.2, 0.25) is 5.15 Å². The Labute approximate surface area is 126 Å². The summed E-state index contributed by atoms with van der Waals surface area (Å²) in [4.78, 5) is 14.1. The third-order valence-corrected chi connectivity index (χ3v) is 4.73. The predicted molar refractivity (Wildman–Crippen MR) is 82.7 cm³/mol. The fourth-order valence-electron chi connectivity index (χ4n) is 2.78. The van der Waals surface area contributed by atoms with Crippen LogP contribution < -0.4 is 4.90 Å². The highest BCUT2D eigenvalue weighted by atomic mass is 35.5. The molecule has 1 saturated heterocycles. The number of aromatic nitrogens is 2. The normalized spacial score (nSPS) is 20.8. The molecule has 0 unspecified atom stereocenters. The average molecular weight is 295 g/mol. The third kappa shape index (κ3) is 2.77. The molecule has 0 bridgehead atoms. The van der Waals surface area contributed by atoms with Crippen molar-refractivity contribution in [2.45, 2.75) is 45.6 Å². The second-order valence-electron chi connectivity index (χ2n) is 6.21. The van der Waals surface area contributed by atoms with E-state index in [1.54, 1.807) is 0 Å². The minimum absolute atomic E-state index is 0.545. The van der Waals surface area contributed by atoms with Gasteiger partial charge in [-0.15, -0.1) is 0 Å². The molecule has 1 saturated carbocycles. The molecule has 110 valence electrons. The molecule has 0 amide bonds. The summed E-state index contributed by atoms with van der Waals surface area (Å²) in [6, 6.07) is 0.620. The number of nitrogens with zero attached hydrogens (tertiary/aromatic N) is 4. The quantitative estimate of drug-likeness (QED) is 0.803. The summed E-state index contributed by atoms with van der Waals surface area (Å²) in [5.74, 6) is 2.54. The summed E-state index contributed by atoms with van der Waals surface area (Å²) in [6.07, 6.45) is 2.42. The Morgan fingerprint density at radius 2 is 1.75 bits per heavy atom. The van der Waals surface area contributed by atoms with Gasteiger partial charge in [0.2, 0.25) is 0 Å². The topological polar surface area (TPSA) is 32.3 Å². The van der Waals surface area contributed by atoms with Crippen molar-refractivity contribution in [3.63, 3.8) is 0 Å². The highest BCUT2D eigenvalue weighted by molar-refractivity contribution is 6.30. The first-order valence-corrected chi connectivity index (χ1v) is 7.97. The molecule has 0 atom stereocenters. The molecule has 2 fully saturated rings. The van der Waals surface area contributed by atoms with Crippen molar-refractivity contribution >= 4 is 17.4 Å². The standard InChI is InChI=1S/C15H23ClN4/c1-10(2)19-6-8-20(9-7-19)15-11(3)13(16)17-14(18-15)12-4-5-12/h10,12H,4-9H2,1-3H3. The molecule has 0 N–H and O–H groups in total. The molecule has 4 nitrogen and oxygen atoms in total. The van der Waals surface area contributed by atoms with Gasteiger partial charge in [0.25, 0.3) is 0 Å². The molecule has 1 aliphatic carbocycles. The largest absolute Gasteiger partial charge is 0.354 e. The van der Waals surface area contributed by atoms with Gasteiger partial charge in [0.15, 0.2) is 0 Å². The van der Waals surface area contributed by atoms with Gasteiger partial charge in [-0.05, 0) is 33.6 Å². The maximum absolute atomic E-state index is 6.30. The second-order valence-corrected chi connectivity index (χ2v) is 6.57. The zero-order valence-corrected chi connectivity index (χ0v) is 13.3. The number of anilines is 1. The van der Waals surface area contributed by atoms with Crippen LogP contribution in [0.3, 0.4) is 0 Å². The van der Waals surface area contributed by atoms with Crippen molar-refractivity contribution in [2.75, 3.05) is 31.1 Å². The minimum Gasteiger partial charge on any atom is -0.354 e. The van der Waals surface area contributed by atoms with Crippen LogP contribution in [0.25, 0.3) is 0 Å². The maximum atomic E-state index is 6.30. The van der Waals surface area contributed by atoms with Gasteiger partial charge in [-0.25, -0.2) is 9.97 Å². The summed E-state index contributed by atoms with van der Waals surface area (Å²) in [6.45, 7) is 10.8. The second kappa shape index (κ2) is 5.49. The number of rotatable bonds is 3. The summed E-state index contributed by atoms with van der Waals surface area (Å²) >= 11 is 6.30. The van der Waals surface area contributed by atoms with Crippen molar-refractivity contribution < 1.29 is 0 Å². The van der Waals surface area contributed by atoms with E-state index in [2.05, 4.69) is 28.6 Å². The fourth-order valence-corrected chi connectivity index (χ4v) is 2.95. The van der Waals surface area contributed by atoms with E-state index in [9.17, 15) is 0 Å². The lowest BCUT2D eigenvalue weighted by Gasteiger charge is -2.38. The first-order chi connectivity index (χ1) is 9.56. The molecule has 2 heterocycles. The first-order valence-electron chi connectivity index (χ1n) is 7.59. The highest BCUT2D eigenvalue weighted by Gasteiger charge is 2.29. The van der Waals surface area contributed by atoms with E-state index >= 15 is 0 Å². The van der Waals surface area contributed by atoms with E-state index < -0.39 is 0 Å². The van der Waals surface area contributed by atoms with Crippen LogP contribution in [0.1, 0.15) is 44.0 Å². The molecule has 1 aromatic heterocycles. The lowest BCUT2D eigenvalue weighted by Crippen LogP contribution is -2.49. The molecular formula is C15H23ClN4. The Morgan fingerprint density at radius 1 is 1.10 bits per heavy atom.